The van der Waals surface area contributed by atoms with Gasteiger partial charge in [0.25, 0.3) is 5.91 Å². The Labute approximate surface area is 140 Å². The molecule has 7 heteroatoms. The predicted molar refractivity (Wildman–Crippen MR) is 92.0 cm³/mol. The van der Waals surface area contributed by atoms with Crippen LogP contribution in [-0.2, 0) is 0 Å². The number of carbonyl (C=O) groups is 1. The summed E-state index contributed by atoms with van der Waals surface area (Å²) in [6, 6.07) is 7.81. The number of carbonyl (C=O) groups excluding carboxylic acids is 1. The molecule has 3 aromatic rings. The third-order valence-corrected chi connectivity index (χ3v) is 6.90. The maximum Gasteiger partial charge on any atom is 0.267 e. The highest BCUT2D eigenvalue weighted by Gasteiger charge is 2.14. The maximum atomic E-state index is 12.2. The summed E-state index contributed by atoms with van der Waals surface area (Å²) in [5.41, 5.74) is 2.06. The van der Waals surface area contributed by atoms with Crippen molar-refractivity contribution in [1.82, 2.24) is 4.98 Å². The Bertz CT molecular complexity index is 790. The van der Waals surface area contributed by atoms with Crippen LogP contribution in [0.1, 0.15) is 15.2 Å². The van der Waals surface area contributed by atoms with E-state index in [0.29, 0.717) is 10.0 Å². The summed E-state index contributed by atoms with van der Waals surface area (Å²) in [6.45, 7) is 2.02. The number of thiazole rings is 1. The van der Waals surface area contributed by atoms with Gasteiger partial charge in [0.05, 0.1) is 18.9 Å². The Morgan fingerprint density at radius 2 is 2.10 bits per heavy atom. The normalized spacial score (nSPS) is 10.9. The van der Waals surface area contributed by atoms with E-state index in [1.165, 1.54) is 22.7 Å². The molecular formula is C13H8Br2N2OS2. The fraction of sp³-hybridized carbons (Fsp3) is 0.0769. The molecule has 3 nitrogen and oxygen atoms in total. The second-order valence-corrected chi connectivity index (χ2v) is 8.38. The van der Waals surface area contributed by atoms with Gasteiger partial charge in [0, 0.05) is 4.47 Å². The number of nitrogens with one attached hydrogen (secondary N) is 1. The number of rotatable bonds is 2. The average Bonchev–Trinajstić information content (AvgIpc) is 2.95. The maximum absolute atomic E-state index is 12.2. The van der Waals surface area contributed by atoms with Gasteiger partial charge in [-0.2, -0.15) is 0 Å². The van der Waals surface area contributed by atoms with Crippen molar-refractivity contribution in [2.24, 2.45) is 0 Å². The molecule has 2 heterocycles. The van der Waals surface area contributed by atoms with Crippen LogP contribution < -0.4 is 5.32 Å². The van der Waals surface area contributed by atoms with E-state index in [4.69, 9.17) is 0 Å². The summed E-state index contributed by atoms with van der Waals surface area (Å²) in [4.78, 5) is 17.3. The van der Waals surface area contributed by atoms with Crippen molar-refractivity contribution >= 4 is 75.8 Å². The summed E-state index contributed by atoms with van der Waals surface area (Å²) < 4.78 is 2.87. The molecule has 0 aliphatic rings. The fourth-order valence-corrected chi connectivity index (χ4v) is 4.63. The van der Waals surface area contributed by atoms with Crippen molar-refractivity contribution in [1.29, 1.82) is 0 Å². The average molecular weight is 432 g/mol. The number of halogens is 2. The first-order chi connectivity index (χ1) is 9.54. The minimum Gasteiger partial charge on any atom is -0.297 e. The van der Waals surface area contributed by atoms with Gasteiger partial charge in [-0.25, -0.2) is 4.98 Å². The molecule has 3 rings (SSSR count). The lowest BCUT2D eigenvalue weighted by Gasteiger charge is -1.97. The zero-order valence-corrected chi connectivity index (χ0v) is 15.0. The molecule has 0 aliphatic carbocycles. The molecule has 1 aromatic carbocycles. The van der Waals surface area contributed by atoms with Gasteiger partial charge in [0.2, 0.25) is 0 Å². The molecule has 0 unspecified atom stereocenters. The number of fused-ring (bicyclic) bond motifs is 1. The molecule has 20 heavy (non-hydrogen) atoms. The van der Waals surface area contributed by atoms with Crippen LogP contribution in [0, 0.1) is 6.92 Å². The second-order valence-electron chi connectivity index (χ2n) is 4.13. The largest absolute Gasteiger partial charge is 0.297 e. The van der Waals surface area contributed by atoms with Gasteiger partial charge in [0.15, 0.2) is 5.13 Å². The monoisotopic (exact) mass is 430 g/mol. The summed E-state index contributed by atoms with van der Waals surface area (Å²) in [7, 11) is 0. The van der Waals surface area contributed by atoms with Crippen molar-refractivity contribution in [3.05, 3.63) is 43.0 Å². The van der Waals surface area contributed by atoms with E-state index in [0.717, 1.165) is 24.0 Å². The lowest BCUT2D eigenvalue weighted by molar-refractivity contribution is 0.103. The first-order valence-electron chi connectivity index (χ1n) is 5.67. The number of nitrogens with zero attached hydrogens (tertiary/aromatic N) is 1. The van der Waals surface area contributed by atoms with Crippen LogP contribution in [0.4, 0.5) is 5.13 Å². The minimum atomic E-state index is -0.141. The minimum absolute atomic E-state index is 0.141. The molecule has 0 saturated carbocycles. The number of benzene rings is 1. The number of para-hydroxylation sites is 1. The van der Waals surface area contributed by atoms with E-state index in [9.17, 15) is 4.79 Å². The number of hydrogen-bond acceptors (Lipinski definition) is 4. The van der Waals surface area contributed by atoms with Gasteiger partial charge in [0.1, 0.15) is 0 Å². The lowest BCUT2D eigenvalue weighted by Crippen LogP contribution is -2.09. The SMILES string of the molecule is Cc1cccc2sc(NC(=O)c3cc(Br)c(Br)s3)nc12. The smallest absolute Gasteiger partial charge is 0.267 e. The second kappa shape index (κ2) is 5.55. The van der Waals surface area contributed by atoms with Crippen molar-refractivity contribution in [3.8, 4) is 0 Å². The van der Waals surface area contributed by atoms with Crippen LogP contribution in [0.25, 0.3) is 10.2 Å². The van der Waals surface area contributed by atoms with E-state index >= 15 is 0 Å². The predicted octanol–water partition coefficient (Wildman–Crippen LogP) is 5.44. The van der Waals surface area contributed by atoms with E-state index < -0.39 is 0 Å². The van der Waals surface area contributed by atoms with Crippen LogP contribution in [0.15, 0.2) is 32.5 Å². The van der Waals surface area contributed by atoms with Gasteiger partial charge < -0.3 is 0 Å². The molecule has 0 atom stereocenters. The molecule has 1 amide bonds. The van der Waals surface area contributed by atoms with Crippen molar-refractivity contribution in [2.75, 3.05) is 5.32 Å². The summed E-state index contributed by atoms with van der Waals surface area (Å²) in [6.07, 6.45) is 0. The third kappa shape index (κ3) is 2.67. The molecule has 0 aliphatic heterocycles. The Balaban J connectivity index is 1.89. The first kappa shape index (κ1) is 14.2. The van der Waals surface area contributed by atoms with E-state index in [-0.39, 0.29) is 5.91 Å². The Kier molecular flexibility index (Phi) is 3.94. The number of anilines is 1. The number of thiophene rings is 1. The van der Waals surface area contributed by atoms with Crippen LogP contribution in [-0.4, -0.2) is 10.9 Å². The highest BCUT2D eigenvalue weighted by molar-refractivity contribution is 9.13. The zero-order chi connectivity index (χ0) is 14.3. The number of aryl methyl sites for hydroxylation is 1. The molecule has 102 valence electrons. The topological polar surface area (TPSA) is 42.0 Å². The van der Waals surface area contributed by atoms with Crippen LogP contribution in [0.5, 0.6) is 0 Å². The summed E-state index contributed by atoms with van der Waals surface area (Å²) >= 11 is 9.63. The Hall–Kier alpha value is -0.760. The number of aromatic nitrogens is 1. The van der Waals surface area contributed by atoms with Gasteiger partial charge in [-0.3, -0.25) is 10.1 Å². The molecule has 0 spiro atoms. The highest BCUT2D eigenvalue weighted by atomic mass is 79.9. The quantitative estimate of drug-likeness (QED) is 0.586. The third-order valence-electron chi connectivity index (χ3n) is 2.71. The van der Waals surface area contributed by atoms with Crippen molar-refractivity contribution in [2.45, 2.75) is 6.92 Å². The molecule has 0 saturated heterocycles. The Morgan fingerprint density at radius 1 is 1.30 bits per heavy atom. The van der Waals surface area contributed by atoms with Crippen molar-refractivity contribution in [3.63, 3.8) is 0 Å². The lowest BCUT2D eigenvalue weighted by atomic mass is 10.2. The van der Waals surface area contributed by atoms with Crippen LogP contribution in [0.2, 0.25) is 0 Å². The van der Waals surface area contributed by atoms with Gasteiger partial charge >= 0.3 is 0 Å². The Morgan fingerprint density at radius 3 is 2.75 bits per heavy atom. The van der Waals surface area contributed by atoms with Gasteiger partial charge in [-0.15, -0.1) is 11.3 Å². The molecule has 0 fully saturated rings. The van der Waals surface area contributed by atoms with E-state index in [1.54, 1.807) is 6.07 Å². The standard InChI is InChI=1S/C13H8Br2N2OS2/c1-6-3-2-4-8-10(6)16-13(20-8)17-12(18)9-5-7(14)11(15)19-9/h2-5H,1H3,(H,16,17,18). The summed E-state index contributed by atoms with van der Waals surface area (Å²) in [5.74, 6) is -0.141. The molecule has 2 aromatic heterocycles. The molecule has 0 bridgehead atoms. The van der Waals surface area contributed by atoms with Crippen LogP contribution in [0.3, 0.4) is 0 Å². The molecule has 1 N–H and O–H groups in total. The van der Waals surface area contributed by atoms with Crippen molar-refractivity contribution < 1.29 is 4.79 Å². The fourth-order valence-electron chi connectivity index (χ4n) is 1.76. The van der Waals surface area contributed by atoms with E-state index in [1.807, 2.05) is 25.1 Å². The number of hydrogen-bond donors (Lipinski definition) is 1. The highest BCUT2D eigenvalue weighted by Crippen LogP contribution is 2.33. The van der Waals surface area contributed by atoms with Gasteiger partial charge in [-0.1, -0.05) is 23.5 Å². The number of amides is 1. The van der Waals surface area contributed by atoms with Gasteiger partial charge in [-0.05, 0) is 56.5 Å². The van der Waals surface area contributed by atoms with Crippen LogP contribution >= 0.6 is 54.5 Å². The molecular weight excluding hydrogens is 424 g/mol. The zero-order valence-electron chi connectivity index (χ0n) is 10.2. The first-order valence-corrected chi connectivity index (χ1v) is 8.89. The van der Waals surface area contributed by atoms with E-state index in [2.05, 4.69) is 42.2 Å². The summed E-state index contributed by atoms with van der Waals surface area (Å²) in [5, 5.41) is 3.48. The molecule has 0 radical (unpaired) electrons.